The van der Waals surface area contributed by atoms with Gasteiger partial charge in [0, 0.05) is 25.4 Å². The summed E-state index contributed by atoms with van der Waals surface area (Å²) < 4.78 is 2.21. The molecule has 1 aromatic heterocycles. The number of nitriles is 1. The molecule has 0 bridgehead atoms. The molecule has 1 atom stereocenters. The van der Waals surface area contributed by atoms with Gasteiger partial charge in [0.15, 0.2) is 0 Å². The van der Waals surface area contributed by atoms with Crippen LogP contribution in [0.1, 0.15) is 52.3 Å². The molecule has 106 valence electrons. The van der Waals surface area contributed by atoms with Crippen molar-refractivity contribution >= 4 is 0 Å². The van der Waals surface area contributed by atoms with E-state index in [2.05, 4.69) is 34.8 Å². The first kappa shape index (κ1) is 15.7. The zero-order valence-electron chi connectivity index (χ0n) is 12.4. The summed E-state index contributed by atoms with van der Waals surface area (Å²) in [6.45, 7) is 8.12. The first-order chi connectivity index (χ1) is 9.15. The Balaban J connectivity index is 2.44. The van der Waals surface area contributed by atoms with Crippen molar-refractivity contribution in [2.75, 3.05) is 6.54 Å². The van der Waals surface area contributed by atoms with Crippen molar-refractivity contribution < 1.29 is 0 Å². The molecule has 4 heteroatoms. The second kappa shape index (κ2) is 7.96. The second-order valence-corrected chi connectivity index (χ2v) is 5.26. The fourth-order valence-corrected chi connectivity index (χ4v) is 2.18. The van der Waals surface area contributed by atoms with Crippen LogP contribution in [-0.4, -0.2) is 21.6 Å². The summed E-state index contributed by atoms with van der Waals surface area (Å²) >= 11 is 0. The fourth-order valence-electron chi connectivity index (χ4n) is 2.18. The van der Waals surface area contributed by atoms with Gasteiger partial charge in [-0.2, -0.15) is 5.26 Å². The summed E-state index contributed by atoms with van der Waals surface area (Å²) in [5, 5.41) is 12.6. The molecular weight excluding hydrogens is 236 g/mol. The van der Waals surface area contributed by atoms with E-state index in [-0.39, 0.29) is 0 Å². The number of hydrogen-bond donors (Lipinski definition) is 1. The number of nitrogens with one attached hydrogen (secondary N) is 1. The Morgan fingerprint density at radius 3 is 2.84 bits per heavy atom. The zero-order chi connectivity index (χ0) is 14.1. The molecule has 0 fully saturated rings. The van der Waals surface area contributed by atoms with E-state index in [1.165, 1.54) is 0 Å². The molecule has 0 aromatic carbocycles. The van der Waals surface area contributed by atoms with Crippen molar-refractivity contribution in [3.8, 4) is 6.07 Å². The summed E-state index contributed by atoms with van der Waals surface area (Å²) in [6.07, 6.45) is 8.96. The Morgan fingerprint density at radius 2 is 2.21 bits per heavy atom. The van der Waals surface area contributed by atoms with Gasteiger partial charge in [0.2, 0.25) is 0 Å². The van der Waals surface area contributed by atoms with Gasteiger partial charge in [-0.3, -0.25) is 5.32 Å². The number of aryl methyl sites for hydroxylation is 2. The molecule has 0 aliphatic rings. The molecule has 0 radical (unpaired) electrons. The van der Waals surface area contributed by atoms with Crippen LogP contribution in [0.25, 0.3) is 0 Å². The van der Waals surface area contributed by atoms with E-state index in [1.54, 1.807) is 0 Å². The lowest BCUT2D eigenvalue weighted by atomic mass is 9.97. The first-order valence-electron chi connectivity index (χ1n) is 7.31. The van der Waals surface area contributed by atoms with Gasteiger partial charge >= 0.3 is 0 Å². The van der Waals surface area contributed by atoms with Crippen molar-refractivity contribution in [3.63, 3.8) is 0 Å². The van der Waals surface area contributed by atoms with E-state index in [4.69, 9.17) is 0 Å². The van der Waals surface area contributed by atoms with Gasteiger partial charge in [0.1, 0.15) is 11.4 Å². The van der Waals surface area contributed by atoms with E-state index in [0.717, 1.165) is 51.0 Å². The van der Waals surface area contributed by atoms with Crippen molar-refractivity contribution in [1.82, 2.24) is 14.9 Å². The Morgan fingerprint density at radius 1 is 1.42 bits per heavy atom. The van der Waals surface area contributed by atoms with Crippen LogP contribution in [0.4, 0.5) is 0 Å². The molecule has 0 spiro atoms. The topological polar surface area (TPSA) is 53.6 Å². The largest absolute Gasteiger partial charge is 0.335 e. The lowest BCUT2D eigenvalue weighted by molar-refractivity contribution is 0.393. The molecule has 0 saturated carbocycles. The summed E-state index contributed by atoms with van der Waals surface area (Å²) in [5.74, 6) is 1.16. The van der Waals surface area contributed by atoms with Crippen LogP contribution in [0.15, 0.2) is 12.4 Å². The van der Waals surface area contributed by atoms with Gasteiger partial charge in [0.05, 0.1) is 6.07 Å². The highest BCUT2D eigenvalue weighted by Gasteiger charge is 2.21. The molecule has 1 heterocycles. The monoisotopic (exact) mass is 262 g/mol. The molecule has 0 amide bonds. The van der Waals surface area contributed by atoms with Crippen LogP contribution in [0.5, 0.6) is 0 Å². The van der Waals surface area contributed by atoms with Crippen molar-refractivity contribution in [2.45, 2.75) is 65.0 Å². The van der Waals surface area contributed by atoms with E-state index in [0.29, 0.717) is 0 Å². The van der Waals surface area contributed by atoms with Gasteiger partial charge in [0.25, 0.3) is 0 Å². The van der Waals surface area contributed by atoms with Gasteiger partial charge in [-0.25, -0.2) is 4.98 Å². The predicted molar refractivity (Wildman–Crippen MR) is 77.8 cm³/mol. The Hall–Kier alpha value is -1.34. The van der Waals surface area contributed by atoms with Crippen molar-refractivity contribution in [1.29, 1.82) is 5.26 Å². The maximum absolute atomic E-state index is 9.28. The summed E-state index contributed by atoms with van der Waals surface area (Å²) in [4.78, 5) is 4.37. The third kappa shape index (κ3) is 5.04. The van der Waals surface area contributed by atoms with Crippen LogP contribution in [0.2, 0.25) is 0 Å². The van der Waals surface area contributed by atoms with Crippen LogP contribution >= 0.6 is 0 Å². The number of nitrogens with zero attached hydrogens (tertiary/aromatic N) is 3. The van der Waals surface area contributed by atoms with Gasteiger partial charge in [-0.05, 0) is 39.2 Å². The lowest BCUT2D eigenvalue weighted by Gasteiger charge is -2.23. The number of hydrogen-bond acceptors (Lipinski definition) is 3. The molecule has 0 saturated heterocycles. The maximum atomic E-state index is 9.28. The smallest absolute Gasteiger partial charge is 0.108 e. The standard InChI is InChI=1S/C15H26N4/c1-4-7-14-17-10-12-19(14)11-6-8-15(3,13-16)18-9-5-2/h10,12,18H,4-9,11H2,1-3H3. The average Bonchev–Trinajstić information content (AvgIpc) is 2.84. The first-order valence-corrected chi connectivity index (χ1v) is 7.31. The third-order valence-corrected chi connectivity index (χ3v) is 3.36. The van der Waals surface area contributed by atoms with Gasteiger partial charge in [-0.15, -0.1) is 0 Å². The van der Waals surface area contributed by atoms with Crippen molar-refractivity contribution in [2.24, 2.45) is 0 Å². The normalized spacial score (nSPS) is 14.0. The minimum Gasteiger partial charge on any atom is -0.335 e. The molecular formula is C15H26N4. The molecule has 0 aliphatic heterocycles. The zero-order valence-corrected chi connectivity index (χ0v) is 12.4. The molecule has 0 aliphatic carbocycles. The van der Waals surface area contributed by atoms with Gasteiger partial charge in [-0.1, -0.05) is 13.8 Å². The van der Waals surface area contributed by atoms with Crippen LogP contribution in [-0.2, 0) is 13.0 Å². The van der Waals surface area contributed by atoms with Crippen LogP contribution < -0.4 is 5.32 Å². The molecule has 1 unspecified atom stereocenters. The van der Waals surface area contributed by atoms with E-state index < -0.39 is 5.54 Å². The van der Waals surface area contributed by atoms with Crippen LogP contribution in [0, 0.1) is 11.3 Å². The third-order valence-electron chi connectivity index (χ3n) is 3.36. The molecule has 4 nitrogen and oxygen atoms in total. The van der Waals surface area contributed by atoms with Crippen LogP contribution in [0.3, 0.4) is 0 Å². The van der Waals surface area contributed by atoms with Crippen molar-refractivity contribution in [3.05, 3.63) is 18.2 Å². The Labute approximate surface area is 116 Å². The maximum Gasteiger partial charge on any atom is 0.108 e. The summed E-state index contributed by atoms with van der Waals surface area (Å²) in [5.41, 5.74) is -0.401. The number of imidazole rings is 1. The fraction of sp³-hybridized carbons (Fsp3) is 0.733. The predicted octanol–water partition coefficient (Wildman–Crippen LogP) is 2.90. The summed E-state index contributed by atoms with van der Waals surface area (Å²) in [7, 11) is 0. The number of rotatable bonds is 9. The Kier molecular flexibility index (Phi) is 6.58. The van der Waals surface area contributed by atoms with E-state index in [1.807, 2.05) is 19.3 Å². The second-order valence-electron chi connectivity index (χ2n) is 5.26. The quantitative estimate of drug-likeness (QED) is 0.744. The Bertz CT molecular complexity index is 405. The SMILES string of the molecule is CCCNC(C)(C#N)CCCn1ccnc1CCC. The van der Waals surface area contributed by atoms with Gasteiger partial charge < -0.3 is 4.57 Å². The minimum atomic E-state index is -0.401. The average molecular weight is 262 g/mol. The lowest BCUT2D eigenvalue weighted by Crippen LogP contribution is -2.41. The molecule has 1 N–H and O–H groups in total. The molecule has 1 aromatic rings. The summed E-state index contributed by atoms with van der Waals surface area (Å²) in [6, 6.07) is 2.40. The van der Waals surface area contributed by atoms with E-state index >= 15 is 0 Å². The number of aromatic nitrogens is 2. The molecule has 19 heavy (non-hydrogen) atoms. The van der Waals surface area contributed by atoms with E-state index in [9.17, 15) is 5.26 Å². The highest BCUT2D eigenvalue weighted by atomic mass is 15.1. The highest BCUT2D eigenvalue weighted by molar-refractivity contribution is 5.03. The minimum absolute atomic E-state index is 0.401. The molecule has 1 rings (SSSR count). The highest BCUT2D eigenvalue weighted by Crippen LogP contribution is 2.13.